The number of carbonyl (C=O) groups excluding carboxylic acids is 1. The van der Waals surface area contributed by atoms with E-state index in [4.69, 9.17) is 9.31 Å². The van der Waals surface area contributed by atoms with E-state index in [-0.39, 0.29) is 17.1 Å². The lowest BCUT2D eigenvalue weighted by atomic mass is 9.80. The van der Waals surface area contributed by atoms with Gasteiger partial charge >= 0.3 is 7.12 Å². The predicted molar refractivity (Wildman–Crippen MR) is 99.1 cm³/mol. The van der Waals surface area contributed by atoms with Crippen LogP contribution in [0.25, 0.3) is 11.0 Å². The van der Waals surface area contributed by atoms with Crippen molar-refractivity contribution >= 4 is 29.5 Å². The van der Waals surface area contributed by atoms with Crippen molar-refractivity contribution in [3.8, 4) is 0 Å². The highest BCUT2D eigenvalue weighted by Gasteiger charge is 2.51. The summed E-state index contributed by atoms with van der Waals surface area (Å²) in [7, 11) is -0.428. The Bertz CT molecular complexity index is 832. The van der Waals surface area contributed by atoms with Crippen LogP contribution in [0.2, 0.25) is 0 Å². The van der Waals surface area contributed by atoms with Crippen LogP contribution >= 0.6 is 0 Å². The van der Waals surface area contributed by atoms with Crippen LogP contribution < -0.4 is 5.46 Å². The van der Waals surface area contributed by atoms with Gasteiger partial charge in [0.15, 0.2) is 5.65 Å². The first-order valence-corrected chi connectivity index (χ1v) is 9.22. The summed E-state index contributed by atoms with van der Waals surface area (Å²) in [6.07, 6.45) is 5.22. The number of amides is 1. The fourth-order valence-corrected chi connectivity index (χ4v) is 3.42. The highest BCUT2D eigenvalue weighted by molar-refractivity contribution is 6.62. The van der Waals surface area contributed by atoms with Crippen molar-refractivity contribution in [1.82, 2.24) is 19.7 Å². The summed E-state index contributed by atoms with van der Waals surface area (Å²) in [5, 5.41) is 5.39. The van der Waals surface area contributed by atoms with Gasteiger partial charge in [-0.15, -0.1) is 0 Å². The second-order valence-electron chi connectivity index (χ2n) is 8.12. The molecule has 8 heteroatoms. The molecule has 0 radical (unpaired) electrons. The smallest absolute Gasteiger partial charge is 0.399 e. The molecular weight excluding hydrogens is 331 g/mol. The molecule has 4 heterocycles. The van der Waals surface area contributed by atoms with Gasteiger partial charge in [-0.2, -0.15) is 5.10 Å². The van der Waals surface area contributed by atoms with Gasteiger partial charge in [-0.25, -0.2) is 9.67 Å². The summed E-state index contributed by atoms with van der Waals surface area (Å²) in [5.74, 6) is 0.234. The van der Waals surface area contributed by atoms with E-state index in [0.717, 1.165) is 29.5 Å². The van der Waals surface area contributed by atoms with Gasteiger partial charge in [0.25, 0.3) is 0 Å². The minimum absolute atomic E-state index is 0.234. The van der Waals surface area contributed by atoms with Gasteiger partial charge in [0.2, 0.25) is 5.91 Å². The number of aromatic nitrogens is 3. The average molecular weight is 356 g/mol. The molecule has 0 atom stereocenters. The molecule has 2 aromatic heterocycles. The molecule has 0 saturated carbocycles. The molecule has 2 aliphatic heterocycles. The lowest BCUT2D eigenvalue weighted by Crippen LogP contribution is -2.41. The van der Waals surface area contributed by atoms with Gasteiger partial charge in [0.05, 0.1) is 23.9 Å². The third-order valence-electron chi connectivity index (χ3n) is 5.78. The third-order valence-corrected chi connectivity index (χ3v) is 5.78. The second kappa shape index (κ2) is 6.06. The topological polar surface area (TPSA) is 69.5 Å². The summed E-state index contributed by atoms with van der Waals surface area (Å²) in [4.78, 5) is 18.2. The molecule has 1 amide bonds. The zero-order valence-electron chi connectivity index (χ0n) is 15.9. The highest BCUT2D eigenvalue weighted by Crippen LogP contribution is 2.36. The molecule has 2 aliphatic rings. The zero-order chi connectivity index (χ0) is 18.5. The van der Waals surface area contributed by atoms with Crippen LogP contribution in [0, 0.1) is 0 Å². The third kappa shape index (κ3) is 2.91. The lowest BCUT2D eigenvalue weighted by molar-refractivity contribution is -0.127. The SMILES string of the molecule is CC1(C)OB(c2cnc3c(cnn3CCN3CCCC3=O)c2)OC1(C)C. The largest absolute Gasteiger partial charge is 0.496 e. The standard InChI is InChI=1S/C18H25BN4O3/c1-17(2)18(3,4)26-19(25-17)14-10-13-11-21-23(16(13)20-12-14)9-8-22-7-5-6-15(22)24/h10-12H,5-9H2,1-4H3. The number of nitrogens with zero attached hydrogens (tertiary/aromatic N) is 4. The maximum Gasteiger partial charge on any atom is 0.496 e. The predicted octanol–water partition coefficient (Wildman–Crippen LogP) is 1.35. The van der Waals surface area contributed by atoms with Crippen molar-refractivity contribution in [2.24, 2.45) is 0 Å². The maximum atomic E-state index is 11.7. The van der Waals surface area contributed by atoms with Crippen molar-refractivity contribution < 1.29 is 14.1 Å². The molecule has 2 aromatic rings. The van der Waals surface area contributed by atoms with Crippen LogP contribution in [-0.4, -0.2) is 57.0 Å². The van der Waals surface area contributed by atoms with E-state index >= 15 is 0 Å². The van der Waals surface area contributed by atoms with Gasteiger partial charge in [-0.05, 0) is 40.2 Å². The van der Waals surface area contributed by atoms with Crippen LogP contribution in [0.1, 0.15) is 40.5 Å². The van der Waals surface area contributed by atoms with Crippen LogP contribution in [0.3, 0.4) is 0 Å². The number of rotatable bonds is 4. The van der Waals surface area contributed by atoms with Crippen molar-refractivity contribution in [3.63, 3.8) is 0 Å². The zero-order valence-corrected chi connectivity index (χ0v) is 15.9. The molecule has 2 saturated heterocycles. The van der Waals surface area contributed by atoms with E-state index in [2.05, 4.69) is 10.1 Å². The monoisotopic (exact) mass is 356 g/mol. The van der Waals surface area contributed by atoms with E-state index in [1.54, 1.807) is 6.20 Å². The number of carbonyl (C=O) groups is 1. The van der Waals surface area contributed by atoms with E-state index in [1.165, 1.54) is 0 Å². The molecule has 26 heavy (non-hydrogen) atoms. The van der Waals surface area contributed by atoms with E-state index < -0.39 is 7.12 Å². The quantitative estimate of drug-likeness (QED) is 0.774. The first-order chi connectivity index (χ1) is 12.3. The Morgan fingerprint density at radius 3 is 2.54 bits per heavy atom. The molecule has 0 aromatic carbocycles. The van der Waals surface area contributed by atoms with Crippen LogP contribution in [0.5, 0.6) is 0 Å². The molecular formula is C18H25BN4O3. The lowest BCUT2D eigenvalue weighted by Gasteiger charge is -2.32. The van der Waals surface area contributed by atoms with Crippen molar-refractivity contribution in [2.45, 2.75) is 58.3 Å². The highest BCUT2D eigenvalue weighted by atomic mass is 16.7. The van der Waals surface area contributed by atoms with Crippen molar-refractivity contribution in [2.75, 3.05) is 13.1 Å². The summed E-state index contributed by atoms with van der Waals surface area (Å²) in [6, 6.07) is 2.02. The van der Waals surface area contributed by atoms with Gasteiger partial charge in [0, 0.05) is 36.6 Å². The molecule has 7 nitrogen and oxygen atoms in total. The Hall–Kier alpha value is -1.93. The fraction of sp³-hybridized carbons (Fsp3) is 0.611. The van der Waals surface area contributed by atoms with Crippen molar-refractivity contribution in [1.29, 1.82) is 0 Å². The van der Waals surface area contributed by atoms with Crippen molar-refractivity contribution in [3.05, 3.63) is 18.5 Å². The Balaban J connectivity index is 1.52. The minimum Gasteiger partial charge on any atom is -0.399 e. The number of pyridine rings is 1. The fourth-order valence-electron chi connectivity index (χ4n) is 3.42. The van der Waals surface area contributed by atoms with Gasteiger partial charge < -0.3 is 14.2 Å². The number of hydrogen-bond acceptors (Lipinski definition) is 5. The number of hydrogen-bond donors (Lipinski definition) is 0. The van der Waals surface area contributed by atoms with Gasteiger partial charge in [-0.3, -0.25) is 4.79 Å². The summed E-state index contributed by atoms with van der Waals surface area (Å²) < 4.78 is 14.1. The number of likely N-dealkylation sites (tertiary alicyclic amines) is 1. The Labute approximate surface area is 153 Å². The van der Waals surface area contributed by atoms with Crippen LogP contribution in [0.4, 0.5) is 0 Å². The van der Waals surface area contributed by atoms with E-state index in [0.29, 0.717) is 19.5 Å². The Morgan fingerprint density at radius 2 is 1.88 bits per heavy atom. The molecule has 0 bridgehead atoms. The molecule has 138 valence electrons. The Morgan fingerprint density at radius 1 is 1.15 bits per heavy atom. The van der Waals surface area contributed by atoms with Crippen LogP contribution in [0.15, 0.2) is 18.5 Å². The van der Waals surface area contributed by atoms with E-state index in [1.807, 2.05) is 49.5 Å². The molecule has 0 N–H and O–H groups in total. The first kappa shape index (κ1) is 17.5. The average Bonchev–Trinajstić information content (AvgIpc) is 3.22. The van der Waals surface area contributed by atoms with E-state index in [9.17, 15) is 4.79 Å². The normalized spacial score (nSPS) is 21.9. The molecule has 0 spiro atoms. The van der Waals surface area contributed by atoms with Gasteiger partial charge in [0.1, 0.15) is 0 Å². The summed E-state index contributed by atoms with van der Waals surface area (Å²) in [5.41, 5.74) is 0.959. The Kier molecular flexibility index (Phi) is 4.08. The van der Waals surface area contributed by atoms with Crippen LogP contribution in [-0.2, 0) is 20.6 Å². The number of fused-ring (bicyclic) bond motifs is 1. The molecule has 0 aliphatic carbocycles. The maximum absolute atomic E-state index is 11.7. The molecule has 4 rings (SSSR count). The summed E-state index contributed by atoms with van der Waals surface area (Å²) >= 11 is 0. The minimum atomic E-state index is -0.428. The first-order valence-electron chi connectivity index (χ1n) is 9.22. The summed E-state index contributed by atoms with van der Waals surface area (Å²) in [6.45, 7) is 10.3. The molecule has 2 fully saturated rings. The molecule has 0 unspecified atom stereocenters. The second-order valence-corrected chi connectivity index (χ2v) is 8.12. The van der Waals surface area contributed by atoms with Gasteiger partial charge in [-0.1, -0.05) is 0 Å².